The summed E-state index contributed by atoms with van der Waals surface area (Å²) in [5, 5.41) is 9.35. The maximum absolute atomic E-state index is 11.6. The first kappa shape index (κ1) is 21.5. The van der Waals surface area contributed by atoms with Crippen molar-refractivity contribution in [3.8, 4) is 0 Å². The van der Waals surface area contributed by atoms with Crippen molar-refractivity contribution in [3.63, 3.8) is 0 Å². The van der Waals surface area contributed by atoms with Gasteiger partial charge in [-0.05, 0) is 33.1 Å². The average molecular weight is 330 g/mol. The lowest BCUT2D eigenvalue weighted by molar-refractivity contribution is 0.147. The maximum atomic E-state index is 11.6. The Morgan fingerprint density at radius 3 is 2.39 bits per heavy atom. The fourth-order valence-electron chi connectivity index (χ4n) is 2.13. The van der Waals surface area contributed by atoms with Crippen molar-refractivity contribution in [2.24, 2.45) is 10.9 Å². The van der Waals surface area contributed by atoms with Gasteiger partial charge in [0.15, 0.2) is 5.96 Å². The number of hydrogen-bond donors (Lipinski definition) is 3. The molecule has 7 heteroatoms. The van der Waals surface area contributed by atoms with Crippen LogP contribution in [-0.4, -0.2) is 57.5 Å². The number of aliphatic imine (C=N–C) groups is 1. The Bertz CT molecular complexity index is 348. The number of methoxy groups -OCH3 is 1. The fraction of sp³-hybridized carbons (Fsp3) is 0.875. The van der Waals surface area contributed by atoms with E-state index in [1.807, 2.05) is 13.8 Å². The second kappa shape index (κ2) is 13.0. The highest BCUT2D eigenvalue weighted by Gasteiger charge is 2.15. The second-order valence-electron chi connectivity index (χ2n) is 5.91. The molecule has 0 aromatic rings. The summed E-state index contributed by atoms with van der Waals surface area (Å²) in [6.45, 7) is 12.3. The molecule has 1 amide bonds. The first-order valence-corrected chi connectivity index (χ1v) is 8.39. The lowest BCUT2D eigenvalue weighted by Gasteiger charge is -2.21. The van der Waals surface area contributed by atoms with E-state index < -0.39 is 0 Å². The Morgan fingerprint density at radius 1 is 1.17 bits per heavy atom. The number of nitrogens with one attached hydrogen (secondary N) is 3. The van der Waals surface area contributed by atoms with Gasteiger partial charge in [-0.15, -0.1) is 0 Å². The Morgan fingerprint density at radius 2 is 1.87 bits per heavy atom. The van der Waals surface area contributed by atoms with Crippen LogP contribution in [0.4, 0.5) is 4.79 Å². The van der Waals surface area contributed by atoms with Crippen molar-refractivity contribution < 1.29 is 14.3 Å². The number of hydrogen-bond acceptors (Lipinski definition) is 4. The Labute approximate surface area is 140 Å². The van der Waals surface area contributed by atoms with Gasteiger partial charge in [0.2, 0.25) is 0 Å². The quantitative estimate of drug-likeness (QED) is 0.420. The molecule has 0 saturated carbocycles. The first-order chi connectivity index (χ1) is 10.9. The van der Waals surface area contributed by atoms with Gasteiger partial charge in [0.25, 0.3) is 0 Å². The van der Waals surface area contributed by atoms with Gasteiger partial charge in [-0.3, -0.25) is 4.99 Å². The molecule has 7 nitrogen and oxygen atoms in total. The summed E-state index contributed by atoms with van der Waals surface area (Å²) < 4.78 is 10.1. The topological polar surface area (TPSA) is 84.0 Å². The summed E-state index contributed by atoms with van der Waals surface area (Å²) in [5.41, 5.74) is 0. The summed E-state index contributed by atoms with van der Waals surface area (Å²) in [4.78, 5) is 16.2. The van der Waals surface area contributed by atoms with Crippen LogP contribution in [0.3, 0.4) is 0 Å². The molecule has 23 heavy (non-hydrogen) atoms. The number of nitrogens with zero attached hydrogens (tertiary/aromatic N) is 1. The number of rotatable bonds is 10. The van der Waals surface area contributed by atoms with Gasteiger partial charge in [0.05, 0.1) is 25.8 Å². The highest BCUT2D eigenvalue weighted by molar-refractivity contribution is 5.80. The van der Waals surface area contributed by atoms with E-state index in [1.165, 1.54) is 0 Å². The van der Waals surface area contributed by atoms with E-state index in [9.17, 15) is 4.79 Å². The minimum Gasteiger partial charge on any atom is -0.450 e. The van der Waals surface area contributed by atoms with Crippen LogP contribution in [0.1, 0.15) is 41.0 Å². The summed E-state index contributed by atoms with van der Waals surface area (Å²) >= 11 is 0. The molecule has 0 spiro atoms. The zero-order valence-corrected chi connectivity index (χ0v) is 15.4. The number of guanidine groups is 1. The molecular formula is C16H34N4O3. The smallest absolute Gasteiger partial charge is 0.407 e. The molecule has 0 fully saturated rings. The molecule has 0 heterocycles. The van der Waals surface area contributed by atoms with E-state index in [4.69, 9.17) is 9.47 Å². The standard InChI is InChI=1S/C16H34N4O3/c1-7-17-15(19-13(5)11-22-6)18-10-14(9-12(3)4)20-16(21)23-8-2/h12-14H,7-11H2,1-6H3,(H,20,21)(H2,17,18,19). The summed E-state index contributed by atoms with van der Waals surface area (Å²) in [7, 11) is 1.67. The highest BCUT2D eigenvalue weighted by atomic mass is 16.5. The van der Waals surface area contributed by atoms with Crippen molar-refractivity contribution in [2.75, 3.05) is 33.4 Å². The number of carbonyl (C=O) groups excluding carboxylic acids is 1. The summed E-state index contributed by atoms with van der Waals surface area (Å²) in [5.74, 6) is 1.18. The molecule has 0 aliphatic heterocycles. The molecule has 0 saturated heterocycles. The highest BCUT2D eigenvalue weighted by Crippen LogP contribution is 2.05. The van der Waals surface area contributed by atoms with Gasteiger partial charge in [-0.1, -0.05) is 13.8 Å². The van der Waals surface area contributed by atoms with Crippen LogP contribution in [0.15, 0.2) is 4.99 Å². The Hall–Kier alpha value is -1.50. The van der Waals surface area contributed by atoms with E-state index in [-0.39, 0.29) is 18.2 Å². The maximum Gasteiger partial charge on any atom is 0.407 e. The summed E-state index contributed by atoms with van der Waals surface area (Å²) in [6.07, 6.45) is 0.453. The predicted octanol–water partition coefficient (Wildman–Crippen LogP) is 1.74. The minimum absolute atomic E-state index is 0.0535. The van der Waals surface area contributed by atoms with Crippen LogP contribution >= 0.6 is 0 Å². The monoisotopic (exact) mass is 330 g/mol. The molecule has 2 atom stereocenters. The van der Waals surface area contributed by atoms with Crippen molar-refractivity contribution in [3.05, 3.63) is 0 Å². The zero-order chi connectivity index (χ0) is 17.7. The SMILES string of the molecule is CCNC(=NCC(CC(C)C)NC(=O)OCC)NC(C)COC. The van der Waals surface area contributed by atoms with Crippen LogP contribution < -0.4 is 16.0 Å². The largest absolute Gasteiger partial charge is 0.450 e. The van der Waals surface area contributed by atoms with Gasteiger partial charge in [-0.2, -0.15) is 0 Å². The van der Waals surface area contributed by atoms with Crippen LogP contribution in [-0.2, 0) is 9.47 Å². The third-order valence-corrected chi connectivity index (χ3v) is 2.97. The van der Waals surface area contributed by atoms with Crippen LogP contribution in [0.5, 0.6) is 0 Å². The molecular weight excluding hydrogens is 296 g/mol. The Balaban J connectivity index is 4.71. The molecule has 136 valence electrons. The normalized spacial score (nSPS) is 14.3. The lowest BCUT2D eigenvalue weighted by Crippen LogP contribution is -2.45. The molecule has 0 aromatic carbocycles. The Kier molecular flexibility index (Phi) is 12.1. The fourth-order valence-corrected chi connectivity index (χ4v) is 2.13. The number of alkyl carbamates (subject to hydrolysis) is 1. The van der Waals surface area contributed by atoms with E-state index in [2.05, 4.69) is 34.8 Å². The molecule has 0 aromatic heterocycles. The zero-order valence-electron chi connectivity index (χ0n) is 15.4. The number of ether oxygens (including phenoxy) is 2. The number of carbonyl (C=O) groups is 1. The molecule has 3 N–H and O–H groups in total. The third kappa shape index (κ3) is 11.7. The van der Waals surface area contributed by atoms with Crippen LogP contribution in [0.2, 0.25) is 0 Å². The van der Waals surface area contributed by atoms with Crippen molar-refractivity contribution in [2.45, 2.75) is 53.1 Å². The molecule has 0 aliphatic rings. The predicted molar refractivity (Wildman–Crippen MR) is 93.9 cm³/mol. The minimum atomic E-state index is -0.390. The van der Waals surface area contributed by atoms with Crippen molar-refractivity contribution >= 4 is 12.1 Å². The van der Waals surface area contributed by atoms with Crippen LogP contribution in [0, 0.1) is 5.92 Å². The van der Waals surface area contributed by atoms with E-state index in [1.54, 1.807) is 14.0 Å². The van der Waals surface area contributed by atoms with Gasteiger partial charge in [0, 0.05) is 19.7 Å². The van der Waals surface area contributed by atoms with Crippen molar-refractivity contribution in [1.82, 2.24) is 16.0 Å². The number of amides is 1. The van der Waals surface area contributed by atoms with Gasteiger partial charge in [-0.25, -0.2) is 4.79 Å². The molecule has 2 unspecified atom stereocenters. The molecule has 0 aliphatic carbocycles. The molecule has 0 bridgehead atoms. The summed E-state index contributed by atoms with van der Waals surface area (Å²) in [6, 6.07) is 0.0987. The van der Waals surface area contributed by atoms with E-state index >= 15 is 0 Å². The van der Waals surface area contributed by atoms with Crippen molar-refractivity contribution in [1.29, 1.82) is 0 Å². The molecule has 0 rings (SSSR count). The average Bonchev–Trinajstić information content (AvgIpc) is 2.44. The van der Waals surface area contributed by atoms with Gasteiger partial charge < -0.3 is 25.4 Å². The van der Waals surface area contributed by atoms with E-state index in [0.29, 0.717) is 25.7 Å². The lowest BCUT2D eigenvalue weighted by atomic mass is 10.0. The van der Waals surface area contributed by atoms with Crippen LogP contribution in [0.25, 0.3) is 0 Å². The van der Waals surface area contributed by atoms with Gasteiger partial charge in [0.1, 0.15) is 0 Å². The first-order valence-electron chi connectivity index (χ1n) is 8.39. The second-order valence-corrected chi connectivity index (χ2v) is 5.91. The third-order valence-electron chi connectivity index (χ3n) is 2.97. The van der Waals surface area contributed by atoms with Gasteiger partial charge >= 0.3 is 6.09 Å². The van der Waals surface area contributed by atoms with E-state index in [0.717, 1.165) is 18.9 Å². The molecule has 0 radical (unpaired) electrons.